The van der Waals surface area contributed by atoms with Gasteiger partial charge in [-0.25, -0.2) is 13.1 Å². The van der Waals surface area contributed by atoms with Crippen molar-refractivity contribution < 1.29 is 13.2 Å². The van der Waals surface area contributed by atoms with Crippen LogP contribution in [-0.4, -0.2) is 35.7 Å². The maximum absolute atomic E-state index is 13.2. The van der Waals surface area contributed by atoms with E-state index in [1.165, 1.54) is 25.3 Å². The molecule has 0 radical (unpaired) electrons. The van der Waals surface area contributed by atoms with Gasteiger partial charge in [0.25, 0.3) is 10.0 Å². The molecule has 1 heterocycles. The van der Waals surface area contributed by atoms with Crippen LogP contribution in [-0.2, 0) is 10.0 Å². The Morgan fingerprint density at radius 2 is 2.07 bits per heavy atom. The number of anilines is 1. The molecule has 2 aromatic carbocycles. The van der Waals surface area contributed by atoms with E-state index >= 15 is 0 Å². The van der Waals surface area contributed by atoms with Crippen LogP contribution < -0.4 is 9.46 Å². The Kier molecular flexibility index (Phi) is 4.91. The van der Waals surface area contributed by atoms with E-state index < -0.39 is 10.0 Å². The van der Waals surface area contributed by atoms with Gasteiger partial charge in [0.15, 0.2) is 5.82 Å². The van der Waals surface area contributed by atoms with Crippen LogP contribution in [0.25, 0.3) is 11.4 Å². The van der Waals surface area contributed by atoms with Crippen LogP contribution in [0.3, 0.4) is 0 Å². The molecule has 10 heteroatoms. The summed E-state index contributed by atoms with van der Waals surface area (Å²) in [5, 5.41) is 21.1. The monoisotopic (exact) mass is 424 g/mol. The van der Waals surface area contributed by atoms with Crippen molar-refractivity contribution in [2.24, 2.45) is 5.92 Å². The third kappa shape index (κ3) is 3.48. The fourth-order valence-electron chi connectivity index (χ4n) is 3.38. The van der Waals surface area contributed by atoms with E-state index in [1.54, 1.807) is 10.7 Å². The Labute approximate surface area is 174 Å². The number of aryl methyl sites for hydroxylation is 1. The van der Waals surface area contributed by atoms with Gasteiger partial charge in [0.2, 0.25) is 0 Å². The Balaban J connectivity index is 1.78. The second-order valence-electron chi connectivity index (χ2n) is 7.31. The highest BCUT2D eigenvalue weighted by atomic mass is 32.2. The smallest absolute Gasteiger partial charge is 0.265 e. The lowest BCUT2D eigenvalue weighted by Crippen LogP contribution is -2.16. The molecule has 1 N–H and O–H groups in total. The average Bonchev–Trinajstić information content (AvgIpc) is 3.26. The van der Waals surface area contributed by atoms with Gasteiger partial charge >= 0.3 is 0 Å². The number of rotatable bonds is 6. The van der Waals surface area contributed by atoms with Crippen molar-refractivity contribution in [2.75, 3.05) is 11.8 Å². The third-order valence-electron chi connectivity index (χ3n) is 5.21. The number of nitrogens with zero attached hydrogens (tertiary/aromatic N) is 5. The zero-order valence-corrected chi connectivity index (χ0v) is 17.5. The SMILES string of the molecule is COc1cc(C#N)ccc1S(=O)(=O)Nc1c(C)cccc1-c1nnnn1[C@@H]1C[C@H]1C. The van der Waals surface area contributed by atoms with E-state index in [2.05, 4.69) is 27.2 Å². The number of hydrogen-bond donors (Lipinski definition) is 1. The molecule has 0 saturated heterocycles. The molecule has 0 spiro atoms. The number of methoxy groups -OCH3 is 1. The molecule has 2 atom stereocenters. The van der Waals surface area contributed by atoms with E-state index in [1.807, 2.05) is 25.1 Å². The number of tetrazole rings is 1. The van der Waals surface area contributed by atoms with Gasteiger partial charge in [-0.05, 0) is 59.5 Å². The summed E-state index contributed by atoms with van der Waals surface area (Å²) in [6.07, 6.45) is 0.980. The molecule has 3 aromatic rings. The molecule has 154 valence electrons. The highest BCUT2D eigenvalue weighted by molar-refractivity contribution is 7.92. The van der Waals surface area contributed by atoms with Gasteiger partial charge < -0.3 is 4.74 Å². The quantitative estimate of drug-likeness (QED) is 0.645. The van der Waals surface area contributed by atoms with Crippen molar-refractivity contribution in [3.05, 3.63) is 47.5 Å². The van der Waals surface area contributed by atoms with Gasteiger partial charge in [-0.15, -0.1) is 5.10 Å². The molecule has 1 saturated carbocycles. The standard InChI is InChI=1S/C20H20N6O3S/c1-12-5-4-6-15(20-22-24-25-26(20)16-9-13(16)2)19(12)23-30(27,28)18-8-7-14(11-21)10-17(18)29-3/h4-8,10,13,16,23H,9H2,1-3H3/t13-,16-/m1/s1. The number of sulfonamides is 1. The first-order chi connectivity index (χ1) is 14.4. The highest BCUT2D eigenvalue weighted by Crippen LogP contribution is 2.44. The molecular formula is C20H20N6O3S. The molecule has 1 aromatic heterocycles. The van der Waals surface area contributed by atoms with Crippen LogP contribution in [0, 0.1) is 24.2 Å². The van der Waals surface area contributed by atoms with E-state index in [4.69, 9.17) is 10.00 Å². The number of aromatic nitrogens is 4. The summed E-state index contributed by atoms with van der Waals surface area (Å²) in [5.74, 6) is 1.07. The van der Waals surface area contributed by atoms with Crippen molar-refractivity contribution in [3.63, 3.8) is 0 Å². The van der Waals surface area contributed by atoms with Crippen molar-refractivity contribution in [3.8, 4) is 23.2 Å². The van der Waals surface area contributed by atoms with Gasteiger partial charge in [0.1, 0.15) is 10.6 Å². The highest BCUT2D eigenvalue weighted by Gasteiger charge is 2.38. The molecule has 0 amide bonds. The predicted molar refractivity (Wildman–Crippen MR) is 109 cm³/mol. The molecule has 4 rings (SSSR count). The van der Waals surface area contributed by atoms with Crippen LogP contribution in [0.1, 0.15) is 30.5 Å². The summed E-state index contributed by atoms with van der Waals surface area (Å²) >= 11 is 0. The molecule has 0 unspecified atom stereocenters. The summed E-state index contributed by atoms with van der Waals surface area (Å²) in [4.78, 5) is -0.0615. The first kappa shape index (κ1) is 19.8. The third-order valence-corrected chi connectivity index (χ3v) is 6.60. The van der Waals surface area contributed by atoms with Crippen LogP contribution in [0.4, 0.5) is 5.69 Å². The second kappa shape index (κ2) is 7.42. The lowest BCUT2D eigenvalue weighted by atomic mass is 10.1. The summed E-state index contributed by atoms with van der Waals surface area (Å²) in [7, 11) is -2.65. The maximum Gasteiger partial charge on any atom is 0.265 e. The van der Waals surface area contributed by atoms with Gasteiger partial charge in [-0.1, -0.05) is 19.1 Å². The van der Waals surface area contributed by atoms with Gasteiger partial charge in [0, 0.05) is 5.56 Å². The molecule has 30 heavy (non-hydrogen) atoms. The van der Waals surface area contributed by atoms with E-state index in [9.17, 15) is 8.42 Å². The summed E-state index contributed by atoms with van der Waals surface area (Å²) < 4.78 is 36.0. The van der Waals surface area contributed by atoms with Crippen molar-refractivity contribution >= 4 is 15.7 Å². The number of hydrogen-bond acceptors (Lipinski definition) is 7. The first-order valence-electron chi connectivity index (χ1n) is 9.34. The van der Waals surface area contributed by atoms with Gasteiger partial charge in [-0.3, -0.25) is 4.72 Å². The van der Waals surface area contributed by atoms with E-state index in [-0.39, 0.29) is 16.7 Å². The Hall–Kier alpha value is -3.45. The number of para-hydroxylation sites is 1. The predicted octanol–water partition coefficient (Wildman–Crippen LogP) is 2.91. The Bertz CT molecular complexity index is 1260. The topological polar surface area (TPSA) is 123 Å². The fourth-order valence-corrected chi connectivity index (χ4v) is 4.68. The molecule has 1 fully saturated rings. The van der Waals surface area contributed by atoms with Crippen molar-refractivity contribution in [1.29, 1.82) is 5.26 Å². The molecular weight excluding hydrogens is 404 g/mol. The summed E-state index contributed by atoms with van der Waals surface area (Å²) in [6.45, 7) is 3.93. The van der Waals surface area contributed by atoms with Crippen molar-refractivity contribution in [1.82, 2.24) is 20.2 Å². The average molecular weight is 424 g/mol. The van der Waals surface area contributed by atoms with Crippen LogP contribution in [0.15, 0.2) is 41.3 Å². The number of nitrogens with one attached hydrogen (secondary N) is 1. The molecule has 1 aliphatic carbocycles. The normalized spacial score (nSPS) is 17.9. The minimum absolute atomic E-state index is 0.0615. The number of nitriles is 1. The largest absolute Gasteiger partial charge is 0.495 e. The molecule has 0 bridgehead atoms. The molecule has 9 nitrogen and oxygen atoms in total. The maximum atomic E-state index is 13.2. The molecule has 0 aliphatic heterocycles. The zero-order chi connectivity index (χ0) is 21.5. The Morgan fingerprint density at radius 3 is 2.73 bits per heavy atom. The van der Waals surface area contributed by atoms with Crippen molar-refractivity contribution in [2.45, 2.75) is 31.2 Å². The van der Waals surface area contributed by atoms with Crippen LogP contribution in [0.2, 0.25) is 0 Å². The van der Waals surface area contributed by atoms with E-state index in [0.29, 0.717) is 28.6 Å². The minimum Gasteiger partial charge on any atom is -0.495 e. The second-order valence-corrected chi connectivity index (χ2v) is 8.96. The minimum atomic E-state index is -4.01. The lowest BCUT2D eigenvalue weighted by molar-refractivity contribution is 0.403. The molecule has 1 aliphatic rings. The number of ether oxygens (including phenoxy) is 1. The van der Waals surface area contributed by atoms with E-state index in [0.717, 1.165) is 12.0 Å². The van der Waals surface area contributed by atoms with Gasteiger partial charge in [-0.2, -0.15) is 5.26 Å². The summed E-state index contributed by atoms with van der Waals surface area (Å²) in [6, 6.07) is 11.8. The van der Waals surface area contributed by atoms with Gasteiger partial charge in [0.05, 0.1) is 30.5 Å². The zero-order valence-electron chi connectivity index (χ0n) is 16.7. The number of benzene rings is 2. The lowest BCUT2D eigenvalue weighted by Gasteiger charge is -2.16. The van der Waals surface area contributed by atoms with Crippen LogP contribution in [0.5, 0.6) is 5.75 Å². The fraction of sp³-hybridized carbons (Fsp3) is 0.300. The summed E-state index contributed by atoms with van der Waals surface area (Å²) in [5.41, 5.74) is 2.02. The first-order valence-corrected chi connectivity index (χ1v) is 10.8. The Morgan fingerprint density at radius 1 is 1.30 bits per heavy atom. The van der Waals surface area contributed by atoms with Crippen LogP contribution >= 0.6 is 0 Å².